The fraction of sp³-hybridized carbons (Fsp3) is 0.462. The van der Waals surface area contributed by atoms with Gasteiger partial charge in [-0.05, 0) is 19.1 Å². The molecule has 0 saturated carbocycles. The summed E-state index contributed by atoms with van der Waals surface area (Å²) in [5, 5.41) is 0. The fourth-order valence-electron chi connectivity index (χ4n) is 1.60. The van der Waals surface area contributed by atoms with Crippen molar-refractivity contribution in [3.8, 4) is 0 Å². The molecule has 0 aliphatic rings. The van der Waals surface area contributed by atoms with Crippen LogP contribution in [-0.2, 0) is 19.5 Å². The van der Waals surface area contributed by atoms with E-state index < -0.39 is 16.0 Å². The minimum atomic E-state index is -3.75. The molecule has 1 rings (SSSR count). The van der Waals surface area contributed by atoms with E-state index in [1.165, 1.54) is 26.3 Å². The molecule has 0 aliphatic heterocycles. The van der Waals surface area contributed by atoms with Crippen molar-refractivity contribution in [1.29, 1.82) is 0 Å². The van der Waals surface area contributed by atoms with Gasteiger partial charge in [0.15, 0.2) is 0 Å². The van der Waals surface area contributed by atoms with Gasteiger partial charge in [0.25, 0.3) is 0 Å². The molecule has 112 valence electrons. The topological polar surface area (TPSA) is 72.9 Å². The average molecular weight is 301 g/mol. The van der Waals surface area contributed by atoms with E-state index in [4.69, 9.17) is 4.74 Å². The third-order valence-corrected chi connectivity index (χ3v) is 4.65. The summed E-state index contributed by atoms with van der Waals surface area (Å²) < 4.78 is 35.8. The van der Waals surface area contributed by atoms with Gasteiger partial charge >= 0.3 is 5.97 Å². The van der Waals surface area contributed by atoms with Crippen LogP contribution in [0.5, 0.6) is 0 Å². The van der Waals surface area contributed by atoms with E-state index in [1.54, 1.807) is 12.1 Å². The predicted molar refractivity (Wildman–Crippen MR) is 74.1 cm³/mol. The lowest BCUT2D eigenvalue weighted by molar-refractivity contribution is 0.0596. The van der Waals surface area contributed by atoms with Gasteiger partial charge in [0, 0.05) is 20.2 Å². The summed E-state index contributed by atoms with van der Waals surface area (Å²) in [5.41, 5.74) is 0.0262. The molecule has 20 heavy (non-hydrogen) atoms. The Bertz CT molecular complexity index is 556. The van der Waals surface area contributed by atoms with Gasteiger partial charge in [0.05, 0.1) is 24.2 Å². The Morgan fingerprint density at radius 3 is 2.55 bits per heavy atom. The summed E-state index contributed by atoms with van der Waals surface area (Å²) in [6.07, 6.45) is 0. The van der Waals surface area contributed by atoms with Crippen molar-refractivity contribution in [2.45, 2.75) is 11.8 Å². The Kier molecular flexibility index (Phi) is 6.12. The van der Waals surface area contributed by atoms with Gasteiger partial charge in [-0.15, -0.1) is 0 Å². The van der Waals surface area contributed by atoms with Crippen LogP contribution in [0.1, 0.15) is 17.3 Å². The van der Waals surface area contributed by atoms with Crippen molar-refractivity contribution in [3.63, 3.8) is 0 Å². The van der Waals surface area contributed by atoms with Crippen molar-refractivity contribution < 1.29 is 22.7 Å². The molecular weight excluding hydrogens is 282 g/mol. The van der Waals surface area contributed by atoms with Crippen molar-refractivity contribution >= 4 is 16.0 Å². The zero-order chi connectivity index (χ0) is 15.2. The largest absolute Gasteiger partial charge is 0.465 e. The van der Waals surface area contributed by atoms with Crippen LogP contribution >= 0.6 is 0 Å². The van der Waals surface area contributed by atoms with Crippen LogP contribution in [0.15, 0.2) is 29.2 Å². The minimum Gasteiger partial charge on any atom is -0.465 e. The Morgan fingerprint density at radius 1 is 1.30 bits per heavy atom. The summed E-state index contributed by atoms with van der Waals surface area (Å²) in [5.74, 6) is -0.678. The number of carbonyl (C=O) groups is 1. The average Bonchev–Trinajstić information content (AvgIpc) is 2.46. The lowest BCUT2D eigenvalue weighted by atomic mass is 10.2. The van der Waals surface area contributed by atoms with E-state index >= 15 is 0 Å². The third-order valence-electron chi connectivity index (χ3n) is 2.74. The van der Waals surface area contributed by atoms with E-state index in [1.807, 2.05) is 6.92 Å². The van der Waals surface area contributed by atoms with E-state index in [2.05, 4.69) is 4.74 Å². The van der Waals surface area contributed by atoms with E-state index in [-0.39, 0.29) is 17.0 Å². The third kappa shape index (κ3) is 3.78. The fourth-order valence-corrected chi connectivity index (χ4v) is 2.93. The second-order valence-electron chi connectivity index (χ2n) is 4.01. The molecule has 0 spiro atoms. The molecule has 7 heteroatoms. The molecular formula is C13H19NO5S. The summed E-state index contributed by atoms with van der Waals surface area (Å²) in [6.45, 7) is 2.87. The van der Waals surface area contributed by atoms with E-state index in [9.17, 15) is 13.2 Å². The predicted octanol–water partition coefficient (Wildman–Crippen LogP) is 1.13. The molecule has 6 nitrogen and oxygen atoms in total. The number of nitrogens with zero attached hydrogens (tertiary/aromatic N) is 1. The maximum absolute atomic E-state index is 12.4. The van der Waals surface area contributed by atoms with Crippen molar-refractivity contribution in [3.05, 3.63) is 29.8 Å². The Morgan fingerprint density at radius 2 is 1.95 bits per heavy atom. The van der Waals surface area contributed by atoms with Crippen LogP contribution in [0, 0.1) is 0 Å². The van der Waals surface area contributed by atoms with Crippen LogP contribution in [0.3, 0.4) is 0 Å². The second-order valence-corrected chi connectivity index (χ2v) is 6.02. The first-order valence-corrected chi connectivity index (χ1v) is 7.60. The zero-order valence-electron chi connectivity index (χ0n) is 11.8. The Hall–Kier alpha value is -1.44. The van der Waals surface area contributed by atoms with Crippen LogP contribution in [-0.4, -0.2) is 52.6 Å². The van der Waals surface area contributed by atoms with Gasteiger partial charge in [-0.3, -0.25) is 0 Å². The smallest absolute Gasteiger partial charge is 0.339 e. The highest BCUT2D eigenvalue weighted by Crippen LogP contribution is 2.19. The highest BCUT2D eigenvalue weighted by atomic mass is 32.2. The molecule has 0 radical (unpaired) electrons. The summed E-state index contributed by atoms with van der Waals surface area (Å²) in [7, 11) is -1.09. The number of esters is 1. The summed E-state index contributed by atoms with van der Waals surface area (Å²) >= 11 is 0. The van der Waals surface area contributed by atoms with Crippen LogP contribution in [0.25, 0.3) is 0 Å². The molecule has 0 unspecified atom stereocenters. The number of carbonyl (C=O) groups excluding carboxylic acids is 1. The number of rotatable bonds is 7. The molecule has 0 saturated heterocycles. The zero-order valence-corrected chi connectivity index (χ0v) is 12.6. The monoisotopic (exact) mass is 301 g/mol. The quantitative estimate of drug-likeness (QED) is 0.557. The highest BCUT2D eigenvalue weighted by Gasteiger charge is 2.26. The lowest BCUT2D eigenvalue weighted by Crippen LogP contribution is -2.31. The first-order chi connectivity index (χ1) is 9.45. The van der Waals surface area contributed by atoms with Crippen molar-refractivity contribution in [2.75, 3.05) is 33.9 Å². The van der Waals surface area contributed by atoms with Gasteiger partial charge < -0.3 is 9.47 Å². The maximum atomic E-state index is 12.4. The summed E-state index contributed by atoms with van der Waals surface area (Å²) in [6, 6.07) is 5.97. The molecule has 0 aliphatic carbocycles. The van der Waals surface area contributed by atoms with Gasteiger partial charge in [-0.25, -0.2) is 13.2 Å². The van der Waals surface area contributed by atoms with E-state index in [0.717, 1.165) is 4.31 Å². The van der Waals surface area contributed by atoms with Gasteiger partial charge in [-0.2, -0.15) is 4.31 Å². The van der Waals surface area contributed by atoms with E-state index in [0.29, 0.717) is 13.2 Å². The standard InChI is InChI=1S/C13H19NO5S/c1-4-19-10-9-14(2)20(16,17)12-8-6-5-7-11(12)13(15)18-3/h5-8H,4,9-10H2,1-3H3. The summed E-state index contributed by atoms with van der Waals surface area (Å²) in [4.78, 5) is 11.6. The molecule has 0 bridgehead atoms. The lowest BCUT2D eigenvalue weighted by Gasteiger charge is -2.18. The SMILES string of the molecule is CCOCCN(C)S(=O)(=O)c1ccccc1C(=O)OC. The number of likely N-dealkylation sites (N-methyl/N-ethyl adjacent to an activating group) is 1. The number of hydrogen-bond donors (Lipinski definition) is 0. The second kappa shape index (κ2) is 7.37. The number of benzene rings is 1. The Balaban J connectivity index is 3.06. The molecule has 0 atom stereocenters. The van der Waals surface area contributed by atoms with Gasteiger partial charge in [0.1, 0.15) is 0 Å². The normalized spacial score (nSPS) is 11.6. The molecule has 0 fully saturated rings. The minimum absolute atomic E-state index is 0.0262. The van der Waals surface area contributed by atoms with Crippen molar-refractivity contribution in [2.24, 2.45) is 0 Å². The molecule has 0 N–H and O–H groups in total. The number of sulfonamides is 1. The van der Waals surface area contributed by atoms with Gasteiger partial charge in [-0.1, -0.05) is 12.1 Å². The number of methoxy groups -OCH3 is 1. The molecule has 1 aromatic carbocycles. The van der Waals surface area contributed by atoms with Crippen LogP contribution in [0.2, 0.25) is 0 Å². The number of hydrogen-bond acceptors (Lipinski definition) is 5. The molecule has 0 aromatic heterocycles. The van der Waals surface area contributed by atoms with Crippen LogP contribution in [0.4, 0.5) is 0 Å². The highest BCUT2D eigenvalue weighted by molar-refractivity contribution is 7.89. The number of ether oxygens (including phenoxy) is 2. The van der Waals surface area contributed by atoms with Crippen LogP contribution < -0.4 is 0 Å². The first-order valence-electron chi connectivity index (χ1n) is 6.16. The molecule has 1 aromatic rings. The van der Waals surface area contributed by atoms with Crippen molar-refractivity contribution in [1.82, 2.24) is 4.31 Å². The van der Waals surface area contributed by atoms with Gasteiger partial charge in [0.2, 0.25) is 10.0 Å². The molecule has 0 amide bonds. The molecule has 0 heterocycles. The maximum Gasteiger partial charge on any atom is 0.339 e. The first kappa shape index (κ1) is 16.6. The Labute approximate surface area is 119 Å².